The molecule has 0 spiro atoms. The number of halogens is 3. The van der Waals surface area contributed by atoms with Gasteiger partial charge in [0.15, 0.2) is 0 Å². The van der Waals surface area contributed by atoms with E-state index >= 15 is 0 Å². The maximum Gasteiger partial charge on any atom is 0.573 e. The molecule has 0 saturated heterocycles. The Morgan fingerprint density at radius 2 is 1.82 bits per heavy atom. The van der Waals surface area contributed by atoms with Gasteiger partial charge in [-0.2, -0.15) is 0 Å². The molecule has 1 amide bonds. The van der Waals surface area contributed by atoms with Crippen LogP contribution in [0, 0.1) is 0 Å². The zero-order chi connectivity index (χ0) is 23.4. The minimum absolute atomic E-state index is 0.151. The van der Waals surface area contributed by atoms with Gasteiger partial charge in [-0.25, -0.2) is 4.98 Å². The van der Waals surface area contributed by atoms with Crippen molar-refractivity contribution in [3.05, 3.63) is 84.2 Å². The Balaban J connectivity index is 1.48. The number of nitrogens with one attached hydrogen (secondary N) is 1. The molecular formula is C24H20F3N3O3. The van der Waals surface area contributed by atoms with Gasteiger partial charge in [0.2, 0.25) is 0 Å². The number of alkyl halides is 3. The summed E-state index contributed by atoms with van der Waals surface area (Å²) < 4.78 is 48.4. The van der Waals surface area contributed by atoms with Gasteiger partial charge >= 0.3 is 6.36 Å². The van der Waals surface area contributed by atoms with Gasteiger partial charge < -0.3 is 14.8 Å². The number of carbonyl (C=O) groups is 1. The standard InChI is InChI=1S/C24H20F3N3O3/c1-2-28-23(31)17-8-11-22-21(12-17)29-15-30(22)18-4-3-5-20(13-18)32-14-16-6-9-19(10-7-16)33-24(25,26)27/h3-13,15H,2,14H2,1H3,(H,28,31). The Kier molecular flexibility index (Phi) is 6.21. The molecule has 4 aromatic rings. The molecule has 0 aliphatic heterocycles. The highest BCUT2D eigenvalue weighted by atomic mass is 19.4. The number of hydrogen-bond acceptors (Lipinski definition) is 4. The van der Waals surface area contributed by atoms with E-state index in [2.05, 4.69) is 15.0 Å². The Morgan fingerprint density at radius 1 is 1.03 bits per heavy atom. The molecule has 1 aromatic heterocycles. The summed E-state index contributed by atoms with van der Waals surface area (Å²) in [6, 6.07) is 18.2. The van der Waals surface area contributed by atoms with Gasteiger partial charge in [0.05, 0.1) is 16.7 Å². The quantitative estimate of drug-likeness (QED) is 0.413. The van der Waals surface area contributed by atoms with Crippen molar-refractivity contribution in [3.8, 4) is 17.2 Å². The molecule has 0 saturated carbocycles. The van der Waals surface area contributed by atoms with Gasteiger partial charge in [-0.15, -0.1) is 13.2 Å². The molecule has 0 aliphatic rings. The van der Waals surface area contributed by atoms with Crippen molar-refractivity contribution in [3.63, 3.8) is 0 Å². The molecule has 0 bridgehead atoms. The predicted molar refractivity (Wildman–Crippen MR) is 117 cm³/mol. The van der Waals surface area contributed by atoms with E-state index in [1.165, 1.54) is 24.3 Å². The van der Waals surface area contributed by atoms with Crippen molar-refractivity contribution in [1.29, 1.82) is 0 Å². The number of amides is 1. The van der Waals surface area contributed by atoms with E-state index in [9.17, 15) is 18.0 Å². The molecule has 0 atom stereocenters. The third-order valence-corrected chi connectivity index (χ3v) is 4.80. The molecule has 0 radical (unpaired) electrons. The number of imidazole rings is 1. The number of carbonyl (C=O) groups excluding carboxylic acids is 1. The van der Waals surface area contributed by atoms with Crippen LogP contribution in [-0.4, -0.2) is 28.4 Å². The minimum Gasteiger partial charge on any atom is -0.489 e. The van der Waals surface area contributed by atoms with Crippen LogP contribution in [0.2, 0.25) is 0 Å². The van der Waals surface area contributed by atoms with E-state index in [-0.39, 0.29) is 18.3 Å². The number of aromatic nitrogens is 2. The second kappa shape index (κ2) is 9.23. The molecule has 0 aliphatic carbocycles. The summed E-state index contributed by atoms with van der Waals surface area (Å²) in [5.41, 5.74) is 3.57. The first kappa shape index (κ1) is 22.2. The van der Waals surface area contributed by atoms with E-state index < -0.39 is 6.36 Å². The fraction of sp³-hybridized carbons (Fsp3) is 0.167. The summed E-state index contributed by atoms with van der Waals surface area (Å²) >= 11 is 0. The molecule has 6 nitrogen and oxygen atoms in total. The Bertz CT molecular complexity index is 1270. The first-order chi connectivity index (χ1) is 15.8. The molecule has 1 N–H and O–H groups in total. The average Bonchev–Trinajstić information content (AvgIpc) is 3.21. The Hall–Kier alpha value is -4.01. The second-order valence-corrected chi connectivity index (χ2v) is 7.16. The van der Waals surface area contributed by atoms with Gasteiger partial charge in [0, 0.05) is 18.2 Å². The second-order valence-electron chi connectivity index (χ2n) is 7.16. The summed E-state index contributed by atoms with van der Waals surface area (Å²) in [5, 5.41) is 2.77. The number of ether oxygens (including phenoxy) is 2. The predicted octanol–water partition coefficient (Wildman–Crippen LogP) is 5.25. The molecular weight excluding hydrogens is 435 g/mol. The summed E-state index contributed by atoms with van der Waals surface area (Å²) in [6.45, 7) is 2.58. The molecule has 170 valence electrons. The number of nitrogens with zero attached hydrogens (tertiary/aromatic N) is 2. The van der Waals surface area contributed by atoms with E-state index in [1.54, 1.807) is 24.5 Å². The van der Waals surface area contributed by atoms with E-state index in [0.717, 1.165) is 11.2 Å². The zero-order valence-corrected chi connectivity index (χ0v) is 17.6. The Morgan fingerprint density at radius 3 is 2.55 bits per heavy atom. The van der Waals surface area contributed by atoms with Crippen molar-refractivity contribution in [2.24, 2.45) is 0 Å². The zero-order valence-electron chi connectivity index (χ0n) is 17.6. The lowest BCUT2D eigenvalue weighted by atomic mass is 10.2. The van der Waals surface area contributed by atoms with Crippen LogP contribution in [0.3, 0.4) is 0 Å². The Labute approximate surface area is 187 Å². The molecule has 4 rings (SSSR count). The maximum atomic E-state index is 12.3. The lowest BCUT2D eigenvalue weighted by Gasteiger charge is -2.11. The van der Waals surface area contributed by atoms with Crippen molar-refractivity contribution in [1.82, 2.24) is 14.9 Å². The van der Waals surface area contributed by atoms with Crippen LogP contribution in [0.4, 0.5) is 13.2 Å². The lowest BCUT2D eigenvalue weighted by Crippen LogP contribution is -2.22. The topological polar surface area (TPSA) is 65.4 Å². The highest BCUT2D eigenvalue weighted by Gasteiger charge is 2.30. The van der Waals surface area contributed by atoms with Gasteiger partial charge in [-0.05, 0) is 55.0 Å². The summed E-state index contributed by atoms with van der Waals surface area (Å²) in [4.78, 5) is 16.5. The van der Waals surface area contributed by atoms with Crippen LogP contribution in [0.15, 0.2) is 73.1 Å². The third-order valence-electron chi connectivity index (χ3n) is 4.80. The highest BCUT2D eigenvalue weighted by molar-refractivity contribution is 5.97. The summed E-state index contributed by atoms with van der Waals surface area (Å²) in [6.07, 6.45) is -3.05. The first-order valence-corrected chi connectivity index (χ1v) is 10.2. The third kappa shape index (κ3) is 5.43. The molecule has 33 heavy (non-hydrogen) atoms. The molecule has 1 heterocycles. The number of rotatable bonds is 7. The first-order valence-electron chi connectivity index (χ1n) is 10.2. The minimum atomic E-state index is -4.72. The number of benzene rings is 3. The van der Waals surface area contributed by atoms with Crippen molar-refractivity contribution in [2.45, 2.75) is 19.9 Å². The smallest absolute Gasteiger partial charge is 0.489 e. The highest BCUT2D eigenvalue weighted by Crippen LogP contribution is 2.25. The largest absolute Gasteiger partial charge is 0.573 e. The summed E-state index contributed by atoms with van der Waals surface area (Å²) in [5.74, 6) is 0.154. The van der Waals surface area contributed by atoms with E-state index in [0.29, 0.717) is 28.9 Å². The van der Waals surface area contributed by atoms with Crippen LogP contribution in [0.25, 0.3) is 16.7 Å². The van der Waals surface area contributed by atoms with Crippen molar-refractivity contribution < 1.29 is 27.4 Å². The lowest BCUT2D eigenvalue weighted by molar-refractivity contribution is -0.274. The van der Waals surface area contributed by atoms with Gasteiger partial charge in [-0.1, -0.05) is 18.2 Å². The molecule has 3 aromatic carbocycles. The molecule has 0 unspecified atom stereocenters. The average molecular weight is 455 g/mol. The van der Waals surface area contributed by atoms with Crippen LogP contribution in [-0.2, 0) is 6.61 Å². The van der Waals surface area contributed by atoms with Crippen LogP contribution >= 0.6 is 0 Å². The number of fused-ring (bicyclic) bond motifs is 1. The van der Waals surface area contributed by atoms with Crippen LogP contribution in [0.5, 0.6) is 11.5 Å². The normalized spacial score (nSPS) is 11.4. The van der Waals surface area contributed by atoms with Crippen molar-refractivity contribution >= 4 is 16.9 Å². The van der Waals surface area contributed by atoms with E-state index in [1.807, 2.05) is 35.8 Å². The van der Waals surface area contributed by atoms with Crippen LogP contribution < -0.4 is 14.8 Å². The van der Waals surface area contributed by atoms with Gasteiger partial charge in [-0.3, -0.25) is 9.36 Å². The fourth-order valence-electron chi connectivity index (χ4n) is 3.30. The van der Waals surface area contributed by atoms with Gasteiger partial charge in [0.25, 0.3) is 5.91 Å². The number of hydrogen-bond donors (Lipinski definition) is 1. The van der Waals surface area contributed by atoms with Crippen molar-refractivity contribution in [2.75, 3.05) is 6.54 Å². The molecule has 9 heteroatoms. The van der Waals surface area contributed by atoms with E-state index in [4.69, 9.17) is 4.74 Å². The maximum absolute atomic E-state index is 12.3. The van der Waals surface area contributed by atoms with Crippen LogP contribution in [0.1, 0.15) is 22.8 Å². The SMILES string of the molecule is CCNC(=O)c1ccc2c(c1)ncn2-c1cccc(OCc2ccc(OC(F)(F)F)cc2)c1. The molecule has 0 fully saturated rings. The summed E-state index contributed by atoms with van der Waals surface area (Å²) in [7, 11) is 0. The van der Waals surface area contributed by atoms with Gasteiger partial charge in [0.1, 0.15) is 24.4 Å². The monoisotopic (exact) mass is 455 g/mol. The fourth-order valence-corrected chi connectivity index (χ4v) is 3.30.